The second-order valence-corrected chi connectivity index (χ2v) is 8.81. The van der Waals surface area contributed by atoms with Gasteiger partial charge in [-0.2, -0.15) is 0 Å². The van der Waals surface area contributed by atoms with Crippen molar-refractivity contribution in [3.63, 3.8) is 0 Å². The van der Waals surface area contributed by atoms with Crippen LogP contribution >= 0.6 is 22.9 Å². The van der Waals surface area contributed by atoms with Crippen LogP contribution in [0.25, 0.3) is 0 Å². The number of halogens is 1. The Kier molecular flexibility index (Phi) is 5.31. The zero-order valence-corrected chi connectivity index (χ0v) is 17.5. The highest BCUT2D eigenvalue weighted by Gasteiger charge is 2.31. The van der Waals surface area contributed by atoms with E-state index in [-0.39, 0.29) is 6.17 Å². The zero-order valence-electron chi connectivity index (χ0n) is 15.9. The third-order valence-corrected chi connectivity index (χ3v) is 6.75. The molecule has 2 aromatic rings. The van der Waals surface area contributed by atoms with Gasteiger partial charge in [-0.05, 0) is 49.8 Å². The van der Waals surface area contributed by atoms with Gasteiger partial charge in [0.05, 0.1) is 16.3 Å². The van der Waals surface area contributed by atoms with E-state index in [4.69, 9.17) is 32.5 Å². The van der Waals surface area contributed by atoms with Gasteiger partial charge in [0.2, 0.25) is 0 Å². The summed E-state index contributed by atoms with van der Waals surface area (Å²) in [6, 6.07) is 3.47. The largest absolute Gasteiger partial charge is 0.398 e. The van der Waals surface area contributed by atoms with Gasteiger partial charge >= 0.3 is 0 Å². The maximum Gasteiger partial charge on any atom is 0.138 e. The minimum atomic E-state index is -0.0281. The predicted octanol–water partition coefficient (Wildman–Crippen LogP) is 4.36. The molecule has 0 spiro atoms. The predicted molar refractivity (Wildman–Crippen MR) is 119 cm³/mol. The number of aliphatic imine (C=N–C) groups is 1. The van der Waals surface area contributed by atoms with E-state index >= 15 is 0 Å². The van der Waals surface area contributed by atoms with E-state index in [1.807, 2.05) is 18.3 Å². The lowest BCUT2D eigenvalue weighted by Gasteiger charge is -2.25. The molecule has 2 atom stereocenters. The van der Waals surface area contributed by atoms with Gasteiger partial charge in [0, 0.05) is 36.1 Å². The normalized spacial score (nSPS) is 20.6. The van der Waals surface area contributed by atoms with Crippen LogP contribution in [-0.4, -0.2) is 31.9 Å². The molecule has 2 heterocycles. The van der Waals surface area contributed by atoms with Crippen molar-refractivity contribution in [2.45, 2.75) is 32.4 Å². The van der Waals surface area contributed by atoms with E-state index < -0.39 is 0 Å². The molecule has 6 nitrogen and oxygen atoms in total. The first-order chi connectivity index (χ1) is 13.5. The summed E-state index contributed by atoms with van der Waals surface area (Å²) in [5, 5.41) is 16.1. The van der Waals surface area contributed by atoms with E-state index in [0.717, 1.165) is 42.3 Å². The highest BCUT2D eigenvalue weighted by Crippen LogP contribution is 2.42. The number of nitrogens with zero attached hydrogens (tertiary/aromatic N) is 1. The van der Waals surface area contributed by atoms with E-state index in [1.165, 1.54) is 16.7 Å². The van der Waals surface area contributed by atoms with Gasteiger partial charge in [-0.15, -0.1) is 11.3 Å². The molecule has 148 valence electrons. The molecule has 0 saturated carbocycles. The maximum atomic E-state index is 7.55. The number of fused-ring (bicyclic) bond motifs is 3. The summed E-state index contributed by atoms with van der Waals surface area (Å²) in [4.78, 5) is 6.22. The van der Waals surface area contributed by atoms with Crippen LogP contribution in [0.4, 0.5) is 16.4 Å². The molecule has 2 aliphatic rings. The second-order valence-electron chi connectivity index (χ2n) is 7.30. The van der Waals surface area contributed by atoms with Crippen LogP contribution in [0.2, 0.25) is 5.02 Å². The molecular formula is C20H24ClN5OS. The summed E-state index contributed by atoms with van der Waals surface area (Å²) in [5.74, 6) is 1.40. The van der Waals surface area contributed by atoms with Gasteiger partial charge in [0.25, 0.3) is 0 Å². The number of nitrogens with one attached hydrogen (secondary N) is 3. The standard InChI is InChI=1S/C20H24ClN5OS/c1-10-24-19(26-16-6-12(8-22)15(23)7-14(16)21)18-13-4-3-11(9-27-2)5-17(13)28-20(18)25-10/h6-8,10-11,22,25H,3-5,9,23H2,1-2H3,(H,24,26). The first kappa shape index (κ1) is 19.2. The fourth-order valence-electron chi connectivity index (χ4n) is 3.91. The van der Waals surface area contributed by atoms with Gasteiger partial charge in [-0.1, -0.05) is 11.6 Å². The molecule has 1 aromatic carbocycles. The number of nitrogens with two attached hydrogens (primary N) is 1. The van der Waals surface area contributed by atoms with E-state index in [2.05, 4.69) is 10.6 Å². The van der Waals surface area contributed by atoms with E-state index in [0.29, 0.717) is 27.9 Å². The van der Waals surface area contributed by atoms with Crippen molar-refractivity contribution in [3.8, 4) is 0 Å². The second kappa shape index (κ2) is 7.73. The highest BCUT2D eigenvalue weighted by atomic mass is 35.5. The van der Waals surface area contributed by atoms with Crippen molar-refractivity contribution in [1.82, 2.24) is 0 Å². The number of nitrogen functional groups attached to an aromatic ring is 1. The van der Waals surface area contributed by atoms with Gasteiger partial charge in [0.1, 0.15) is 17.0 Å². The summed E-state index contributed by atoms with van der Waals surface area (Å²) < 4.78 is 5.37. The Morgan fingerprint density at radius 2 is 2.32 bits per heavy atom. The van der Waals surface area contributed by atoms with Crippen LogP contribution in [0.1, 0.15) is 34.9 Å². The Bertz CT molecular complexity index is 955. The molecule has 2 unspecified atom stereocenters. The Hall–Kier alpha value is -2.09. The Morgan fingerprint density at radius 3 is 3.07 bits per heavy atom. The smallest absolute Gasteiger partial charge is 0.138 e. The van der Waals surface area contributed by atoms with Gasteiger partial charge in [0.15, 0.2) is 0 Å². The molecule has 1 aliphatic heterocycles. The summed E-state index contributed by atoms with van der Waals surface area (Å²) >= 11 is 8.24. The lowest BCUT2D eigenvalue weighted by atomic mass is 9.87. The molecule has 1 aliphatic carbocycles. The van der Waals surface area contributed by atoms with Crippen molar-refractivity contribution in [2.75, 3.05) is 30.1 Å². The first-order valence-corrected chi connectivity index (χ1v) is 10.5. The minimum Gasteiger partial charge on any atom is -0.398 e. The minimum absolute atomic E-state index is 0.0281. The number of thiophene rings is 1. The Labute approximate surface area is 173 Å². The fraction of sp³-hybridized carbons (Fsp3) is 0.400. The molecule has 0 saturated heterocycles. The summed E-state index contributed by atoms with van der Waals surface area (Å²) in [7, 11) is 1.77. The number of methoxy groups -OCH3 is 1. The van der Waals surface area contributed by atoms with Crippen molar-refractivity contribution >= 4 is 51.4 Å². The molecule has 0 radical (unpaired) electrons. The number of anilines is 3. The fourth-order valence-corrected chi connectivity index (χ4v) is 5.58. The number of ether oxygens (including phenoxy) is 1. The average molecular weight is 418 g/mol. The van der Waals surface area contributed by atoms with Crippen molar-refractivity contribution in [3.05, 3.63) is 38.7 Å². The van der Waals surface area contributed by atoms with Gasteiger partial charge < -0.3 is 26.5 Å². The average Bonchev–Trinajstić information content (AvgIpc) is 3.01. The Balaban J connectivity index is 1.70. The Morgan fingerprint density at radius 1 is 1.50 bits per heavy atom. The molecule has 8 heteroatoms. The van der Waals surface area contributed by atoms with Crippen LogP contribution in [0, 0.1) is 11.3 Å². The van der Waals surface area contributed by atoms with Crippen LogP contribution in [-0.2, 0) is 17.6 Å². The SMILES string of the molecule is COCC1CCc2c(sc3c2C(Nc2cc(C=N)c(N)cc2Cl)=NC(C)N3)C1. The molecule has 5 N–H and O–H groups in total. The molecule has 0 fully saturated rings. The van der Waals surface area contributed by atoms with Crippen molar-refractivity contribution in [1.29, 1.82) is 5.41 Å². The zero-order chi connectivity index (χ0) is 19.8. The number of rotatable bonds is 4. The number of hydrogen-bond donors (Lipinski definition) is 4. The molecule has 4 rings (SSSR count). The highest BCUT2D eigenvalue weighted by molar-refractivity contribution is 7.16. The lowest BCUT2D eigenvalue weighted by Crippen LogP contribution is -2.28. The number of hydrogen-bond acceptors (Lipinski definition) is 7. The molecule has 0 amide bonds. The van der Waals surface area contributed by atoms with Crippen LogP contribution < -0.4 is 16.4 Å². The maximum absolute atomic E-state index is 7.55. The van der Waals surface area contributed by atoms with Crippen molar-refractivity contribution < 1.29 is 4.74 Å². The molecular weight excluding hydrogens is 394 g/mol. The summed E-state index contributed by atoms with van der Waals surface area (Å²) in [6.45, 7) is 2.84. The van der Waals surface area contributed by atoms with Crippen LogP contribution in [0.3, 0.4) is 0 Å². The van der Waals surface area contributed by atoms with Gasteiger partial charge in [-0.3, -0.25) is 0 Å². The monoisotopic (exact) mass is 417 g/mol. The lowest BCUT2D eigenvalue weighted by molar-refractivity contribution is 0.145. The summed E-state index contributed by atoms with van der Waals surface area (Å²) in [5.41, 5.74) is 10.3. The topological polar surface area (TPSA) is 95.5 Å². The molecule has 1 aromatic heterocycles. The van der Waals surface area contributed by atoms with Crippen LogP contribution in [0.15, 0.2) is 17.1 Å². The molecule has 0 bridgehead atoms. The van der Waals surface area contributed by atoms with Crippen molar-refractivity contribution in [2.24, 2.45) is 10.9 Å². The van der Waals surface area contributed by atoms with Gasteiger partial charge in [-0.25, -0.2) is 4.99 Å². The number of benzene rings is 1. The van der Waals surface area contributed by atoms with E-state index in [1.54, 1.807) is 19.2 Å². The first-order valence-electron chi connectivity index (χ1n) is 9.34. The summed E-state index contributed by atoms with van der Waals surface area (Å²) in [6.07, 6.45) is 4.39. The third kappa shape index (κ3) is 3.50. The quantitative estimate of drug-likeness (QED) is 0.439. The number of amidine groups is 1. The molecule has 28 heavy (non-hydrogen) atoms. The van der Waals surface area contributed by atoms with Crippen LogP contribution in [0.5, 0.6) is 0 Å². The van der Waals surface area contributed by atoms with E-state index in [9.17, 15) is 0 Å². The third-order valence-electron chi connectivity index (χ3n) is 5.25.